The molecule has 0 spiro atoms. The number of nitrogens with one attached hydrogen (secondary N) is 1. The number of hydrogen-bond donors (Lipinski definition) is 1. The number of rotatable bonds is 7. The van der Waals surface area contributed by atoms with Gasteiger partial charge in [-0.2, -0.15) is 0 Å². The predicted molar refractivity (Wildman–Crippen MR) is 126 cm³/mol. The van der Waals surface area contributed by atoms with Gasteiger partial charge in [-0.25, -0.2) is 0 Å². The minimum Gasteiger partial charge on any atom is -0.493 e. The van der Waals surface area contributed by atoms with E-state index in [1.54, 1.807) is 27.4 Å². The fourth-order valence-electron chi connectivity index (χ4n) is 4.37. The van der Waals surface area contributed by atoms with Crippen molar-refractivity contribution in [2.75, 3.05) is 27.9 Å². The van der Waals surface area contributed by atoms with Crippen LogP contribution in [0.2, 0.25) is 0 Å². The molecule has 1 atom stereocenters. The highest BCUT2D eigenvalue weighted by Crippen LogP contribution is 2.43. The summed E-state index contributed by atoms with van der Waals surface area (Å²) in [4.78, 5) is 30.3. The fraction of sp³-hybridized carbons (Fsp3) is 0.308. The number of amides is 2. The third-order valence-electron chi connectivity index (χ3n) is 6.06. The van der Waals surface area contributed by atoms with Crippen molar-refractivity contribution in [3.05, 3.63) is 65.4 Å². The highest BCUT2D eigenvalue weighted by molar-refractivity contribution is 6.02. The second-order valence-electron chi connectivity index (χ2n) is 8.08. The lowest BCUT2D eigenvalue weighted by Crippen LogP contribution is -2.38. The smallest absolute Gasteiger partial charge is 0.252 e. The van der Waals surface area contributed by atoms with Gasteiger partial charge in [0.05, 0.1) is 21.3 Å². The maximum atomic E-state index is 13.3. The van der Waals surface area contributed by atoms with Gasteiger partial charge in [0.2, 0.25) is 11.7 Å². The molecule has 1 aliphatic rings. The monoisotopic (exact) mass is 448 g/mol. The van der Waals surface area contributed by atoms with Gasteiger partial charge in [-0.3, -0.25) is 14.5 Å². The number of methoxy groups -OCH3 is 3. The van der Waals surface area contributed by atoms with E-state index in [-0.39, 0.29) is 24.2 Å². The lowest BCUT2D eigenvalue weighted by molar-refractivity contribution is -0.142. The first kappa shape index (κ1) is 22.5. The number of aryl methyl sites for hydroxylation is 1. The molecule has 172 valence electrons. The summed E-state index contributed by atoms with van der Waals surface area (Å²) in [6.07, 6.45) is 5.98. The highest BCUT2D eigenvalue weighted by atomic mass is 16.5. The number of carbonyl (C=O) groups is 2. The number of nitrogens with zero attached hydrogens (tertiary/aromatic N) is 1. The Balaban J connectivity index is 1.84. The van der Waals surface area contributed by atoms with Crippen molar-refractivity contribution in [1.82, 2.24) is 9.88 Å². The standard InChI is InChI=1S/C26H28N2O5/c1-16-8-9-21-19(11-16)20(15-27-21)18(14-25(30)28-10-6-5-7-24(28)29)17-12-22(31-2)26(33-4)23(13-17)32-3/h5,7-9,11-13,15,18,27H,6,10,14H2,1-4H3. The molecule has 1 aromatic heterocycles. The SMILES string of the molecule is COc1cc(C(CC(=O)N2CCC=CC2=O)c2c[nH]c3ccc(C)cc23)cc(OC)c1OC. The van der Waals surface area contributed by atoms with Crippen LogP contribution in [-0.2, 0) is 9.59 Å². The molecular weight excluding hydrogens is 420 g/mol. The van der Waals surface area contributed by atoms with Crippen LogP contribution in [0, 0.1) is 6.92 Å². The third-order valence-corrected chi connectivity index (χ3v) is 6.06. The number of benzene rings is 2. The van der Waals surface area contributed by atoms with Gasteiger partial charge in [-0.05, 0) is 54.8 Å². The number of H-pyrrole nitrogens is 1. The van der Waals surface area contributed by atoms with Crippen LogP contribution >= 0.6 is 0 Å². The molecule has 7 nitrogen and oxygen atoms in total. The lowest BCUT2D eigenvalue weighted by atomic mass is 9.87. The van der Waals surface area contributed by atoms with Gasteiger partial charge in [0, 0.05) is 36.0 Å². The van der Waals surface area contributed by atoms with E-state index in [0.717, 1.165) is 27.6 Å². The zero-order chi connectivity index (χ0) is 23.5. The molecule has 7 heteroatoms. The summed E-state index contributed by atoms with van der Waals surface area (Å²) in [7, 11) is 4.68. The molecule has 0 fully saturated rings. The van der Waals surface area contributed by atoms with E-state index >= 15 is 0 Å². The van der Waals surface area contributed by atoms with Crippen molar-refractivity contribution in [3.63, 3.8) is 0 Å². The van der Waals surface area contributed by atoms with Gasteiger partial charge in [0.25, 0.3) is 5.91 Å². The minimum atomic E-state index is -0.333. The number of ether oxygens (including phenoxy) is 3. The van der Waals surface area contributed by atoms with Crippen molar-refractivity contribution in [2.24, 2.45) is 0 Å². The van der Waals surface area contributed by atoms with Crippen molar-refractivity contribution in [3.8, 4) is 17.2 Å². The van der Waals surface area contributed by atoms with Crippen LogP contribution < -0.4 is 14.2 Å². The zero-order valence-corrected chi connectivity index (χ0v) is 19.3. The van der Waals surface area contributed by atoms with Gasteiger partial charge in [-0.15, -0.1) is 0 Å². The van der Waals surface area contributed by atoms with Crippen molar-refractivity contribution < 1.29 is 23.8 Å². The number of aromatic nitrogens is 1. The van der Waals surface area contributed by atoms with E-state index in [9.17, 15) is 9.59 Å². The van der Waals surface area contributed by atoms with Gasteiger partial charge in [0.1, 0.15) is 0 Å². The Hall–Kier alpha value is -3.74. The molecule has 0 saturated carbocycles. The molecular formula is C26H28N2O5. The average Bonchev–Trinajstić information content (AvgIpc) is 3.24. The summed E-state index contributed by atoms with van der Waals surface area (Å²) in [5.74, 6) is 0.685. The molecule has 2 heterocycles. The first-order valence-electron chi connectivity index (χ1n) is 10.8. The molecule has 0 bridgehead atoms. The second kappa shape index (κ2) is 9.40. The van der Waals surface area contributed by atoms with Gasteiger partial charge >= 0.3 is 0 Å². The third kappa shape index (κ3) is 4.31. The van der Waals surface area contributed by atoms with Gasteiger partial charge in [0.15, 0.2) is 11.5 Å². The molecule has 0 saturated heterocycles. The van der Waals surface area contributed by atoms with E-state index < -0.39 is 0 Å². The first-order chi connectivity index (χ1) is 16.0. The summed E-state index contributed by atoms with van der Waals surface area (Å²) in [6.45, 7) is 2.43. The van der Waals surface area contributed by atoms with Gasteiger partial charge in [-0.1, -0.05) is 17.7 Å². The van der Waals surface area contributed by atoms with Crippen LogP contribution in [0.25, 0.3) is 10.9 Å². The number of imide groups is 1. The Labute approximate surface area is 192 Å². The molecule has 3 aromatic rings. The molecule has 2 amide bonds. The molecule has 0 radical (unpaired) electrons. The van der Waals surface area contributed by atoms with E-state index in [1.165, 1.54) is 11.0 Å². The molecule has 1 N–H and O–H groups in total. The molecule has 1 aliphatic heterocycles. The number of hydrogen-bond acceptors (Lipinski definition) is 5. The number of fused-ring (bicyclic) bond motifs is 1. The van der Waals surface area contributed by atoms with E-state index in [2.05, 4.69) is 11.1 Å². The average molecular weight is 449 g/mol. The summed E-state index contributed by atoms with van der Waals surface area (Å²) in [6, 6.07) is 9.91. The summed E-state index contributed by atoms with van der Waals surface area (Å²) < 4.78 is 16.6. The number of aromatic amines is 1. The maximum absolute atomic E-state index is 13.3. The van der Waals surface area contributed by atoms with E-state index in [4.69, 9.17) is 14.2 Å². The minimum absolute atomic E-state index is 0.124. The Morgan fingerprint density at radius 1 is 1.09 bits per heavy atom. The van der Waals surface area contributed by atoms with Crippen LogP contribution in [0.4, 0.5) is 0 Å². The van der Waals surface area contributed by atoms with Gasteiger partial charge < -0.3 is 19.2 Å². The quantitative estimate of drug-likeness (QED) is 0.582. The molecule has 4 rings (SSSR count). The lowest BCUT2D eigenvalue weighted by Gasteiger charge is -2.25. The maximum Gasteiger partial charge on any atom is 0.252 e. The molecule has 0 aliphatic carbocycles. The van der Waals surface area contributed by atoms with Crippen LogP contribution in [0.1, 0.15) is 35.4 Å². The molecule has 1 unspecified atom stereocenters. The van der Waals surface area contributed by atoms with Crippen LogP contribution in [-0.4, -0.2) is 49.6 Å². The summed E-state index contributed by atoms with van der Waals surface area (Å²) in [5, 5.41) is 1.03. The molecule has 2 aromatic carbocycles. The van der Waals surface area contributed by atoms with Crippen LogP contribution in [0.3, 0.4) is 0 Å². The Morgan fingerprint density at radius 2 is 1.82 bits per heavy atom. The Kier molecular flexibility index (Phi) is 6.40. The van der Waals surface area contributed by atoms with E-state index in [0.29, 0.717) is 30.2 Å². The molecule has 33 heavy (non-hydrogen) atoms. The Bertz CT molecular complexity index is 1200. The summed E-state index contributed by atoms with van der Waals surface area (Å²) in [5.41, 5.74) is 3.91. The van der Waals surface area contributed by atoms with Crippen molar-refractivity contribution >= 4 is 22.7 Å². The van der Waals surface area contributed by atoms with Crippen LogP contribution in [0.5, 0.6) is 17.2 Å². The normalized spacial score (nSPS) is 14.4. The predicted octanol–water partition coefficient (Wildman–Crippen LogP) is 4.34. The van der Waals surface area contributed by atoms with Crippen molar-refractivity contribution in [2.45, 2.75) is 25.7 Å². The number of carbonyl (C=O) groups excluding carboxylic acids is 2. The topological polar surface area (TPSA) is 80.9 Å². The second-order valence-corrected chi connectivity index (χ2v) is 8.08. The Morgan fingerprint density at radius 3 is 2.45 bits per heavy atom. The fourth-order valence-corrected chi connectivity index (χ4v) is 4.37. The van der Waals surface area contributed by atoms with Crippen LogP contribution in [0.15, 0.2) is 48.7 Å². The van der Waals surface area contributed by atoms with Crippen molar-refractivity contribution in [1.29, 1.82) is 0 Å². The summed E-state index contributed by atoms with van der Waals surface area (Å²) >= 11 is 0. The highest BCUT2D eigenvalue weighted by Gasteiger charge is 2.29. The van der Waals surface area contributed by atoms with E-state index in [1.807, 2.05) is 37.4 Å². The largest absolute Gasteiger partial charge is 0.493 e. The first-order valence-corrected chi connectivity index (χ1v) is 10.8. The zero-order valence-electron chi connectivity index (χ0n) is 19.3.